The highest BCUT2D eigenvalue weighted by atomic mass is 19.3. The Morgan fingerprint density at radius 1 is 1.00 bits per heavy atom. The van der Waals surface area contributed by atoms with Crippen molar-refractivity contribution in [3.05, 3.63) is 65.2 Å². The number of alkyl halides is 2. The van der Waals surface area contributed by atoms with Crippen LogP contribution in [0.15, 0.2) is 48.5 Å². The summed E-state index contributed by atoms with van der Waals surface area (Å²) in [7, 11) is 1.57. The number of carbonyl (C=O) groups is 2. The molecule has 0 radical (unpaired) electrons. The number of hydrogen-bond acceptors (Lipinski definition) is 4. The smallest absolute Gasteiger partial charge is 0.387 e. The Bertz CT molecular complexity index is 761. The molecule has 27 heavy (non-hydrogen) atoms. The van der Waals surface area contributed by atoms with Gasteiger partial charge in [0.2, 0.25) is 0 Å². The fourth-order valence-corrected chi connectivity index (χ4v) is 2.31. The second-order valence-corrected chi connectivity index (χ2v) is 6.10. The number of amides is 1. The SMILES string of the molecule is Cc1ccc(CC(=O)OCC(=O)N(C)Cc2ccc(OC(F)F)cc2)cc1. The van der Waals surface area contributed by atoms with Crippen LogP contribution in [-0.4, -0.2) is 37.0 Å². The third kappa shape index (κ3) is 7.05. The molecule has 0 aliphatic heterocycles. The Balaban J connectivity index is 1.77. The minimum atomic E-state index is -2.88. The first kappa shape index (κ1) is 20.4. The average molecular weight is 377 g/mol. The van der Waals surface area contributed by atoms with Gasteiger partial charge < -0.3 is 14.4 Å². The lowest BCUT2D eigenvalue weighted by molar-refractivity contribution is -0.151. The molecule has 2 aromatic carbocycles. The van der Waals surface area contributed by atoms with E-state index in [-0.39, 0.29) is 31.2 Å². The van der Waals surface area contributed by atoms with Gasteiger partial charge in [0.05, 0.1) is 6.42 Å². The van der Waals surface area contributed by atoms with Crippen LogP contribution < -0.4 is 4.74 Å². The molecule has 144 valence electrons. The number of nitrogens with zero attached hydrogens (tertiary/aromatic N) is 1. The fraction of sp³-hybridized carbons (Fsp3) is 0.300. The van der Waals surface area contributed by atoms with Gasteiger partial charge in [-0.1, -0.05) is 42.0 Å². The minimum Gasteiger partial charge on any atom is -0.455 e. The number of halogens is 2. The van der Waals surface area contributed by atoms with E-state index in [4.69, 9.17) is 4.74 Å². The van der Waals surface area contributed by atoms with Crippen molar-refractivity contribution in [1.82, 2.24) is 4.90 Å². The summed E-state index contributed by atoms with van der Waals surface area (Å²) in [5.41, 5.74) is 2.65. The molecular formula is C20H21F2NO4. The largest absolute Gasteiger partial charge is 0.455 e. The molecule has 7 heteroatoms. The summed E-state index contributed by atoms with van der Waals surface area (Å²) in [6.07, 6.45) is 0.100. The van der Waals surface area contributed by atoms with Crippen molar-refractivity contribution in [2.75, 3.05) is 13.7 Å². The van der Waals surface area contributed by atoms with E-state index in [0.29, 0.717) is 0 Å². The number of likely N-dealkylation sites (N-methyl/N-ethyl adjacent to an activating group) is 1. The van der Waals surface area contributed by atoms with Crippen molar-refractivity contribution >= 4 is 11.9 Å². The highest BCUT2D eigenvalue weighted by Gasteiger charge is 2.13. The molecule has 0 spiro atoms. The first-order valence-corrected chi connectivity index (χ1v) is 8.32. The quantitative estimate of drug-likeness (QED) is 0.662. The molecule has 0 aromatic heterocycles. The van der Waals surface area contributed by atoms with Gasteiger partial charge in [0.1, 0.15) is 5.75 Å². The van der Waals surface area contributed by atoms with Crippen LogP contribution >= 0.6 is 0 Å². The van der Waals surface area contributed by atoms with Crippen LogP contribution in [0, 0.1) is 6.92 Å². The molecule has 0 fully saturated rings. The maximum Gasteiger partial charge on any atom is 0.387 e. The normalized spacial score (nSPS) is 10.6. The van der Waals surface area contributed by atoms with Crippen molar-refractivity contribution in [2.45, 2.75) is 26.5 Å². The number of carbonyl (C=O) groups excluding carboxylic acids is 2. The van der Waals surface area contributed by atoms with Crippen LogP contribution in [0.2, 0.25) is 0 Å². The molecular weight excluding hydrogens is 356 g/mol. The molecule has 0 heterocycles. The van der Waals surface area contributed by atoms with E-state index in [1.807, 2.05) is 31.2 Å². The van der Waals surface area contributed by atoms with Crippen molar-refractivity contribution in [3.63, 3.8) is 0 Å². The number of aryl methyl sites for hydroxylation is 1. The fourth-order valence-electron chi connectivity index (χ4n) is 2.31. The molecule has 0 saturated heterocycles. The molecule has 2 aromatic rings. The van der Waals surface area contributed by atoms with Crippen LogP contribution in [-0.2, 0) is 27.3 Å². The zero-order valence-corrected chi connectivity index (χ0v) is 15.2. The minimum absolute atomic E-state index is 0.0489. The summed E-state index contributed by atoms with van der Waals surface area (Å²) in [5.74, 6) is -0.790. The zero-order valence-electron chi connectivity index (χ0n) is 15.2. The van der Waals surface area contributed by atoms with Crippen molar-refractivity contribution in [2.24, 2.45) is 0 Å². The van der Waals surface area contributed by atoms with Crippen LogP contribution in [0.25, 0.3) is 0 Å². The summed E-state index contributed by atoms with van der Waals surface area (Å²) in [6.45, 7) is -1.03. The Labute approximate surface area is 156 Å². The van der Waals surface area contributed by atoms with E-state index in [9.17, 15) is 18.4 Å². The van der Waals surface area contributed by atoms with Crippen LogP contribution in [0.1, 0.15) is 16.7 Å². The summed E-state index contributed by atoms with van der Waals surface area (Å²) >= 11 is 0. The molecule has 0 saturated carbocycles. The van der Waals surface area contributed by atoms with Gasteiger partial charge in [-0.3, -0.25) is 9.59 Å². The summed E-state index contributed by atoms with van der Waals surface area (Å²) in [6, 6.07) is 13.5. The van der Waals surface area contributed by atoms with Crippen LogP contribution in [0.5, 0.6) is 5.75 Å². The lowest BCUT2D eigenvalue weighted by atomic mass is 10.1. The van der Waals surface area contributed by atoms with E-state index < -0.39 is 12.6 Å². The second-order valence-electron chi connectivity index (χ2n) is 6.10. The molecule has 0 aliphatic rings. The lowest BCUT2D eigenvalue weighted by Crippen LogP contribution is -2.31. The van der Waals surface area contributed by atoms with E-state index in [1.54, 1.807) is 19.2 Å². The van der Waals surface area contributed by atoms with E-state index >= 15 is 0 Å². The van der Waals surface area contributed by atoms with Gasteiger partial charge in [-0.05, 0) is 30.2 Å². The highest BCUT2D eigenvalue weighted by Crippen LogP contribution is 2.15. The van der Waals surface area contributed by atoms with E-state index in [0.717, 1.165) is 16.7 Å². The molecule has 0 atom stereocenters. The topological polar surface area (TPSA) is 55.8 Å². The van der Waals surface area contributed by atoms with E-state index in [1.165, 1.54) is 17.0 Å². The molecule has 0 aliphatic carbocycles. The zero-order chi connectivity index (χ0) is 19.8. The summed E-state index contributed by atoms with van der Waals surface area (Å²) in [4.78, 5) is 25.3. The Hall–Kier alpha value is -2.96. The first-order valence-electron chi connectivity index (χ1n) is 8.32. The third-order valence-electron chi connectivity index (χ3n) is 3.82. The van der Waals surface area contributed by atoms with E-state index in [2.05, 4.69) is 4.74 Å². The summed E-state index contributed by atoms with van der Waals surface area (Å²) < 4.78 is 33.5. The lowest BCUT2D eigenvalue weighted by Gasteiger charge is -2.17. The molecule has 0 bridgehead atoms. The van der Waals surface area contributed by atoms with Crippen LogP contribution in [0.4, 0.5) is 8.78 Å². The highest BCUT2D eigenvalue weighted by molar-refractivity contribution is 5.81. The van der Waals surface area contributed by atoms with Crippen LogP contribution in [0.3, 0.4) is 0 Å². The van der Waals surface area contributed by atoms with Gasteiger partial charge in [0.15, 0.2) is 6.61 Å². The molecule has 5 nitrogen and oxygen atoms in total. The standard InChI is InChI=1S/C20H21F2NO4/c1-14-3-5-15(6-4-14)11-19(25)26-13-18(24)23(2)12-16-7-9-17(10-8-16)27-20(21)22/h3-10,20H,11-13H2,1-2H3. The number of esters is 1. The molecule has 2 rings (SSSR count). The van der Waals surface area contributed by atoms with Gasteiger partial charge in [-0.15, -0.1) is 0 Å². The number of hydrogen-bond donors (Lipinski definition) is 0. The number of ether oxygens (including phenoxy) is 2. The number of rotatable bonds is 8. The first-order chi connectivity index (χ1) is 12.8. The van der Waals surface area contributed by atoms with Gasteiger partial charge >= 0.3 is 12.6 Å². The maximum absolute atomic E-state index is 12.1. The van der Waals surface area contributed by atoms with Crippen molar-refractivity contribution < 1.29 is 27.8 Å². The Morgan fingerprint density at radius 3 is 2.19 bits per heavy atom. The van der Waals surface area contributed by atoms with Gasteiger partial charge in [0, 0.05) is 13.6 Å². The maximum atomic E-state index is 12.1. The van der Waals surface area contributed by atoms with Gasteiger partial charge in [-0.2, -0.15) is 8.78 Å². The predicted molar refractivity (Wildman–Crippen MR) is 95.4 cm³/mol. The molecule has 0 N–H and O–H groups in total. The third-order valence-corrected chi connectivity index (χ3v) is 3.82. The predicted octanol–water partition coefficient (Wildman–Crippen LogP) is 3.34. The summed E-state index contributed by atoms with van der Waals surface area (Å²) in [5, 5.41) is 0. The monoisotopic (exact) mass is 377 g/mol. The Kier molecular flexibility index (Phi) is 7.28. The average Bonchev–Trinajstić information content (AvgIpc) is 2.62. The Morgan fingerprint density at radius 2 is 1.59 bits per heavy atom. The van der Waals surface area contributed by atoms with Gasteiger partial charge in [0.25, 0.3) is 5.91 Å². The number of benzene rings is 2. The van der Waals surface area contributed by atoms with Crippen molar-refractivity contribution in [3.8, 4) is 5.75 Å². The molecule has 0 unspecified atom stereocenters. The molecule has 1 amide bonds. The van der Waals surface area contributed by atoms with Crippen molar-refractivity contribution in [1.29, 1.82) is 0 Å². The second kappa shape index (κ2) is 9.66. The van der Waals surface area contributed by atoms with Gasteiger partial charge in [-0.25, -0.2) is 0 Å².